The van der Waals surface area contributed by atoms with Crippen LogP contribution in [0, 0.1) is 5.82 Å². The predicted octanol–water partition coefficient (Wildman–Crippen LogP) is 1.21. The van der Waals surface area contributed by atoms with E-state index in [1.807, 2.05) is 0 Å². The quantitative estimate of drug-likeness (QED) is 0.766. The molecule has 1 atom stereocenters. The molecular formula is C10H11ClFNO2. The fourth-order valence-corrected chi connectivity index (χ4v) is 1.16. The Hall–Kier alpha value is -1.13. The average molecular weight is 232 g/mol. The summed E-state index contributed by atoms with van der Waals surface area (Å²) in [4.78, 5) is 10.8. The zero-order valence-corrected chi connectivity index (χ0v) is 8.67. The van der Waals surface area contributed by atoms with E-state index in [0.717, 1.165) is 0 Å². The molecule has 0 aliphatic heterocycles. The molecule has 0 saturated carbocycles. The molecule has 0 heterocycles. The lowest BCUT2D eigenvalue weighted by Crippen LogP contribution is -2.29. The summed E-state index contributed by atoms with van der Waals surface area (Å²) in [5.41, 5.74) is 0.547. The molecule has 0 spiro atoms. The first-order valence-electron chi connectivity index (χ1n) is 4.39. The van der Waals surface area contributed by atoms with Gasteiger partial charge in [0.1, 0.15) is 11.7 Å². The third-order valence-corrected chi connectivity index (χ3v) is 2.11. The van der Waals surface area contributed by atoms with Gasteiger partial charge >= 0.3 is 0 Å². The topological polar surface area (TPSA) is 49.3 Å². The molecule has 1 aromatic rings. The zero-order valence-electron chi connectivity index (χ0n) is 7.91. The van der Waals surface area contributed by atoms with E-state index in [1.165, 1.54) is 24.3 Å². The molecular weight excluding hydrogens is 221 g/mol. The highest BCUT2D eigenvalue weighted by atomic mass is 35.5. The minimum atomic E-state index is -0.849. The fraction of sp³-hybridized carbons (Fsp3) is 0.300. The first-order valence-corrected chi connectivity index (χ1v) is 4.93. The number of nitrogens with one attached hydrogen (secondary N) is 1. The highest BCUT2D eigenvalue weighted by Gasteiger charge is 2.08. The van der Waals surface area contributed by atoms with Crippen LogP contribution in [0.2, 0.25) is 0 Å². The van der Waals surface area contributed by atoms with Crippen molar-refractivity contribution in [2.45, 2.75) is 6.10 Å². The second kappa shape index (κ2) is 5.68. The van der Waals surface area contributed by atoms with Gasteiger partial charge in [-0.05, 0) is 17.7 Å². The van der Waals surface area contributed by atoms with Gasteiger partial charge in [-0.15, -0.1) is 11.6 Å². The summed E-state index contributed by atoms with van der Waals surface area (Å²) in [7, 11) is 0. The van der Waals surface area contributed by atoms with E-state index in [9.17, 15) is 14.3 Å². The van der Waals surface area contributed by atoms with Gasteiger partial charge in [0.2, 0.25) is 5.91 Å². The van der Waals surface area contributed by atoms with Crippen LogP contribution in [0.5, 0.6) is 0 Å². The third kappa shape index (κ3) is 3.85. The van der Waals surface area contributed by atoms with Crippen LogP contribution in [0.1, 0.15) is 11.7 Å². The van der Waals surface area contributed by atoms with Crippen LogP contribution in [-0.2, 0) is 4.79 Å². The van der Waals surface area contributed by atoms with Crippen molar-refractivity contribution in [2.75, 3.05) is 12.4 Å². The number of rotatable bonds is 4. The highest BCUT2D eigenvalue weighted by molar-refractivity contribution is 6.27. The van der Waals surface area contributed by atoms with E-state index in [0.29, 0.717) is 5.56 Å². The summed E-state index contributed by atoms with van der Waals surface area (Å²) in [6.07, 6.45) is -0.849. The second-order valence-electron chi connectivity index (χ2n) is 3.01. The van der Waals surface area contributed by atoms with E-state index in [2.05, 4.69) is 5.32 Å². The number of benzene rings is 1. The maximum Gasteiger partial charge on any atom is 0.235 e. The summed E-state index contributed by atoms with van der Waals surface area (Å²) >= 11 is 5.26. The van der Waals surface area contributed by atoms with Crippen molar-refractivity contribution in [2.24, 2.45) is 0 Å². The monoisotopic (exact) mass is 231 g/mol. The Bertz CT molecular complexity index is 329. The normalized spacial score (nSPS) is 12.2. The molecule has 0 radical (unpaired) electrons. The number of amides is 1. The van der Waals surface area contributed by atoms with E-state index in [1.54, 1.807) is 0 Å². The Balaban J connectivity index is 2.50. The number of hydrogen-bond donors (Lipinski definition) is 2. The molecule has 82 valence electrons. The number of aliphatic hydroxyl groups is 1. The Labute approximate surface area is 91.9 Å². The molecule has 2 N–H and O–H groups in total. The molecule has 1 rings (SSSR count). The highest BCUT2D eigenvalue weighted by Crippen LogP contribution is 2.12. The second-order valence-corrected chi connectivity index (χ2v) is 3.27. The minimum absolute atomic E-state index is 0.0667. The summed E-state index contributed by atoms with van der Waals surface area (Å²) in [6.45, 7) is 0.0667. The summed E-state index contributed by atoms with van der Waals surface area (Å²) in [6, 6.07) is 5.43. The van der Waals surface area contributed by atoms with Gasteiger partial charge in [0, 0.05) is 6.54 Å². The first kappa shape index (κ1) is 11.9. The maximum absolute atomic E-state index is 12.5. The standard InChI is InChI=1S/C10H11ClFNO2/c11-5-10(15)13-6-9(14)7-1-3-8(12)4-2-7/h1-4,9,14H,5-6H2,(H,13,15). The smallest absolute Gasteiger partial charge is 0.235 e. The van der Waals surface area contributed by atoms with Crippen molar-refractivity contribution >= 4 is 17.5 Å². The van der Waals surface area contributed by atoms with Gasteiger partial charge in [0.05, 0.1) is 6.10 Å². The van der Waals surface area contributed by atoms with E-state index < -0.39 is 6.10 Å². The molecule has 0 fully saturated rings. The molecule has 1 unspecified atom stereocenters. The molecule has 5 heteroatoms. The molecule has 15 heavy (non-hydrogen) atoms. The Morgan fingerprint density at radius 2 is 2.07 bits per heavy atom. The van der Waals surface area contributed by atoms with Crippen molar-refractivity contribution in [1.29, 1.82) is 0 Å². The Kier molecular flexibility index (Phi) is 4.52. The van der Waals surface area contributed by atoms with Gasteiger partial charge < -0.3 is 10.4 Å². The Morgan fingerprint density at radius 3 is 2.60 bits per heavy atom. The number of carbonyl (C=O) groups excluding carboxylic acids is 1. The van der Waals surface area contributed by atoms with E-state index in [4.69, 9.17) is 11.6 Å². The number of aliphatic hydroxyl groups excluding tert-OH is 1. The number of hydrogen-bond acceptors (Lipinski definition) is 2. The van der Waals surface area contributed by atoms with Crippen LogP contribution in [-0.4, -0.2) is 23.4 Å². The van der Waals surface area contributed by atoms with E-state index >= 15 is 0 Å². The van der Waals surface area contributed by atoms with Crippen molar-refractivity contribution in [1.82, 2.24) is 5.32 Å². The molecule has 0 bridgehead atoms. The van der Waals surface area contributed by atoms with Crippen molar-refractivity contribution < 1.29 is 14.3 Å². The van der Waals surface area contributed by atoms with Crippen LogP contribution < -0.4 is 5.32 Å². The average Bonchev–Trinajstić information content (AvgIpc) is 2.26. The van der Waals surface area contributed by atoms with Crippen LogP contribution in [0.3, 0.4) is 0 Å². The van der Waals surface area contributed by atoms with Gasteiger partial charge in [0.15, 0.2) is 0 Å². The first-order chi connectivity index (χ1) is 7.13. The summed E-state index contributed by atoms with van der Waals surface area (Å²) in [5.74, 6) is -0.857. The van der Waals surface area contributed by atoms with Crippen molar-refractivity contribution in [3.8, 4) is 0 Å². The number of carbonyl (C=O) groups is 1. The molecule has 0 aliphatic rings. The van der Waals surface area contributed by atoms with Gasteiger partial charge in [0.25, 0.3) is 0 Å². The Morgan fingerprint density at radius 1 is 1.47 bits per heavy atom. The molecule has 3 nitrogen and oxygen atoms in total. The third-order valence-electron chi connectivity index (χ3n) is 1.87. The summed E-state index contributed by atoms with van der Waals surface area (Å²) < 4.78 is 12.5. The van der Waals surface area contributed by atoms with E-state index in [-0.39, 0.29) is 24.1 Å². The lowest BCUT2D eigenvalue weighted by molar-refractivity contribution is -0.119. The van der Waals surface area contributed by atoms with Gasteiger partial charge in [-0.25, -0.2) is 4.39 Å². The van der Waals surface area contributed by atoms with Crippen molar-refractivity contribution in [3.63, 3.8) is 0 Å². The minimum Gasteiger partial charge on any atom is -0.387 e. The van der Waals surface area contributed by atoms with Crippen LogP contribution in [0.4, 0.5) is 4.39 Å². The summed E-state index contributed by atoms with van der Waals surface area (Å²) in [5, 5.41) is 12.0. The molecule has 0 aromatic heterocycles. The lowest BCUT2D eigenvalue weighted by atomic mass is 10.1. The van der Waals surface area contributed by atoms with Gasteiger partial charge in [-0.3, -0.25) is 4.79 Å². The number of halogens is 2. The molecule has 0 aliphatic carbocycles. The maximum atomic E-state index is 12.5. The van der Waals surface area contributed by atoms with Gasteiger partial charge in [-0.1, -0.05) is 12.1 Å². The molecule has 1 amide bonds. The van der Waals surface area contributed by atoms with Crippen molar-refractivity contribution in [3.05, 3.63) is 35.6 Å². The number of alkyl halides is 1. The molecule has 0 saturated heterocycles. The van der Waals surface area contributed by atoms with Crippen LogP contribution >= 0.6 is 11.6 Å². The fourth-order valence-electron chi connectivity index (χ4n) is 1.06. The largest absolute Gasteiger partial charge is 0.387 e. The lowest BCUT2D eigenvalue weighted by Gasteiger charge is -2.11. The zero-order chi connectivity index (χ0) is 11.3. The van der Waals surface area contributed by atoms with Crippen LogP contribution in [0.25, 0.3) is 0 Å². The van der Waals surface area contributed by atoms with Crippen LogP contribution in [0.15, 0.2) is 24.3 Å². The SMILES string of the molecule is O=C(CCl)NCC(O)c1ccc(F)cc1. The predicted molar refractivity (Wildman–Crippen MR) is 55.1 cm³/mol. The van der Waals surface area contributed by atoms with Gasteiger partial charge in [-0.2, -0.15) is 0 Å². The molecule has 1 aromatic carbocycles.